The zero-order chi connectivity index (χ0) is 15.9. The quantitative estimate of drug-likeness (QED) is 0.763. The minimum atomic E-state index is -0.296. The maximum atomic E-state index is 12.4. The number of halogens is 1. The van der Waals surface area contributed by atoms with Crippen molar-refractivity contribution in [2.24, 2.45) is 0 Å². The summed E-state index contributed by atoms with van der Waals surface area (Å²) in [6.07, 6.45) is 1.30. The number of rotatable bonds is 2. The van der Waals surface area contributed by atoms with Gasteiger partial charge in [0.25, 0.3) is 5.91 Å². The summed E-state index contributed by atoms with van der Waals surface area (Å²) in [7, 11) is 0. The van der Waals surface area contributed by atoms with Gasteiger partial charge in [0.1, 0.15) is 24.0 Å². The minimum absolute atomic E-state index is 0.0701. The summed E-state index contributed by atoms with van der Waals surface area (Å²) in [6, 6.07) is 9.72. The zero-order valence-corrected chi connectivity index (χ0v) is 13.3. The molecule has 0 saturated carbocycles. The van der Waals surface area contributed by atoms with Crippen LogP contribution in [0.25, 0.3) is 10.9 Å². The predicted octanol–water partition coefficient (Wildman–Crippen LogP) is 2.70. The Bertz CT molecular complexity index is 931. The van der Waals surface area contributed by atoms with Crippen LogP contribution >= 0.6 is 15.9 Å². The van der Waals surface area contributed by atoms with Crippen molar-refractivity contribution < 1.29 is 4.79 Å². The second kappa shape index (κ2) is 5.31. The normalized spacial score (nSPS) is 10.8. The van der Waals surface area contributed by atoms with Crippen LogP contribution in [0.5, 0.6) is 0 Å². The fourth-order valence-electron chi connectivity index (χ4n) is 2.44. The van der Waals surface area contributed by atoms with Crippen molar-refractivity contribution in [1.82, 2.24) is 14.3 Å². The first kappa shape index (κ1) is 14.4. The molecule has 7 heteroatoms. The van der Waals surface area contributed by atoms with E-state index in [-0.39, 0.29) is 23.8 Å². The molecule has 110 valence electrons. The first-order valence-corrected chi connectivity index (χ1v) is 7.34. The first-order chi connectivity index (χ1) is 10.5. The Hall–Kier alpha value is -2.59. The van der Waals surface area contributed by atoms with E-state index >= 15 is 0 Å². The van der Waals surface area contributed by atoms with E-state index in [4.69, 9.17) is 11.0 Å². The van der Waals surface area contributed by atoms with Gasteiger partial charge in [0.05, 0.1) is 6.20 Å². The van der Waals surface area contributed by atoms with Crippen LogP contribution in [0.1, 0.15) is 16.1 Å². The molecule has 2 heterocycles. The molecule has 0 unspecified atom stereocenters. The number of para-hydroxylation sites is 1. The molecule has 3 aromatic rings. The molecule has 0 amide bonds. The predicted molar refractivity (Wildman–Crippen MR) is 86.4 cm³/mol. The summed E-state index contributed by atoms with van der Waals surface area (Å²) >= 11 is 3.56. The van der Waals surface area contributed by atoms with Crippen molar-refractivity contribution in [3.8, 4) is 6.07 Å². The highest BCUT2D eigenvalue weighted by Crippen LogP contribution is 2.30. The number of hydrogen-bond acceptors (Lipinski definition) is 4. The molecule has 1 aromatic carbocycles. The number of nitrogens with zero attached hydrogens (tertiary/aromatic N) is 4. The maximum absolute atomic E-state index is 12.4. The molecule has 3 rings (SSSR count). The van der Waals surface area contributed by atoms with Crippen LogP contribution in [0.4, 0.5) is 5.82 Å². The molecule has 6 nitrogen and oxygen atoms in total. The van der Waals surface area contributed by atoms with Crippen LogP contribution in [0.15, 0.2) is 34.9 Å². The van der Waals surface area contributed by atoms with Crippen molar-refractivity contribution >= 4 is 38.6 Å². The third-order valence-electron chi connectivity index (χ3n) is 3.61. The summed E-state index contributed by atoms with van der Waals surface area (Å²) in [5.41, 5.74) is 7.86. The van der Waals surface area contributed by atoms with Crippen molar-refractivity contribution in [2.75, 3.05) is 5.73 Å². The number of anilines is 1. The maximum Gasteiger partial charge on any atom is 0.268 e. The van der Waals surface area contributed by atoms with Gasteiger partial charge in [0.2, 0.25) is 0 Å². The lowest BCUT2D eigenvalue weighted by Crippen LogP contribution is -2.21. The fraction of sp³-hybridized carbons (Fsp3) is 0.133. The lowest BCUT2D eigenvalue weighted by atomic mass is 10.2. The van der Waals surface area contributed by atoms with Crippen molar-refractivity contribution in [2.45, 2.75) is 13.5 Å². The molecular weight excluding hydrogens is 346 g/mol. The molecule has 0 aliphatic heterocycles. The van der Waals surface area contributed by atoms with Crippen LogP contribution in [0, 0.1) is 18.3 Å². The lowest BCUT2D eigenvalue weighted by Gasteiger charge is -2.08. The SMILES string of the molecule is Cc1c(Br)c2ccccc2n1CC(=O)n1ncc(C#N)c1N. The number of fused-ring (bicyclic) bond motifs is 1. The second-order valence-corrected chi connectivity index (χ2v) is 5.66. The zero-order valence-electron chi connectivity index (χ0n) is 11.7. The van der Waals surface area contributed by atoms with Gasteiger partial charge in [-0.2, -0.15) is 15.0 Å². The van der Waals surface area contributed by atoms with Crippen molar-refractivity contribution in [3.05, 3.63) is 46.2 Å². The summed E-state index contributed by atoms with van der Waals surface area (Å²) in [6.45, 7) is 2.03. The van der Waals surface area contributed by atoms with Crippen molar-refractivity contribution in [3.63, 3.8) is 0 Å². The second-order valence-electron chi connectivity index (χ2n) is 4.86. The van der Waals surface area contributed by atoms with E-state index in [9.17, 15) is 4.79 Å². The summed E-state index contributed by atoms with van der Waals surface area (Å²) < 4.78 is 3.93. The number of carbonyl (C=O) groups is 1. The van der Waals surface area contributed by atoms with E-state index in [1.807, 2.05) is 41.8 Å². The Kier molecular flexibility index (Phi) is 3.47. The minimum Gasteiger partial charge on any atom is -0.382 e. The summed E-state index contributed by atoms with van der Waals surface area (Å²) in [4.78, 5) is 12.4. The largest absolute Gasteiger partial charge is 0.382 e. The van der Waals surface area contributed by atoms with Gasteiger partial charge in [-0.15, -0.1) is 0 Å². The number of aromatic nitrogens is 3. The van der Waals surface area contributed by atoms with Gasteiger partial charge < -0.3 is 10.3 Å². The molecule has 0 bridgehead atoms. The molecular formula is C15H12BrN5O. The summed E-state index contributed by atoms with van der Waals surface area (Å²) in [5.74, 6) is -0.226. The Labute approximate surface area is 134 Å². The molecule has 0 aliphatic rings. The smallest absolute Gasteiger partial charge is 0.268 e. The van der Waals surface area contributed by atoms with Crippen LogP contribution in [-0.4, -0.2) is 20.3 Å². The highest BCUT2D eigenvalue weighted by atomic mass is 79.9. The third-order valence-corrected chi connectivity index (χ3v) is 4.61. The molecule has 0 aliphatic carbocycles. The highest BCUT2D eigenvalue weighted by molar-refractivity contribution is 9.10. The first-order valence-electron chi connectivity index (χ1n) is 6.54. The Morgan fingerprint density at radius 2 is 2.18 bits per heavy atom. The van der Waals surface area contributed by atoms with Gasteiger partial charge in [-0.25, -0.2) is 0 Å². The van der Waals surface area contributed by atoms with Gasteiger partial charge in [0, 0.05) is 21.1 Å². The van der Waals surface area contributed by atoms with E-state index in [2.05, 4.69) is 21.0 Å². The number of hydrogen-bond donors (Lipinski definition) is 1. The van der Waals surface area contributed by atoms with Gasteiger partial charge in [-0.3, -0.25) is 4.79 Å². The lowest BCUT2D eigenvalue weighted by molar-refractivity contribution is 0.0879. The van der Waals surface area contributed by atoms with Gasteiger partial charge in [0.15, 0.2) is 0 Å². The molecule has 0 fully saturated rings. The van der Waals surface area contributed by atoms with E-state index < -0.39 is 0 Å². The van der Waals surface area contributed by atoms with E-state index in [1.54, 1.807) is 0 Å². The molecule has 22 heavy (non-hydrogen) atoms. The molecule has 0 spiro atoms. The van der Waals surface area contributed by atoms with Crippen molar-refractivity contribution in [1.29, 1.82) is 5.26 Å². The Balaban J connectivity index is 2.03. The monoisotopic (exact) mass is 357 g/mol. The number of nitrogen functional groups attached to an aromatic ring is 1. The van der Waals surface area contributed by atoms with Crippen LogP contribution in [0.2, 0.25) is 0 Å². The molecule has 0 saturated heterocycles. The van der Waals surface area contributed by atoms with Crippen LogP contribution < -0.4 is 5.73 Å². The van der Waals surface area contributed by atoms with Crippen LogP contribution in [-0.2, 0) is 6.54 Å². The van der Waals surface area contributed by atoms with Crippen LogP contribution in [0.3, 0.4) is 0 Å². The topological polar surface area (TPSA) is 89.6 Å². The Morgan fingerprint density at radius 3 is 2.86 bits per heavy atom. The standard InChI is InChI=1S/C15H12BrN5O/c1-9-14(16)11-4-2-3-5-12(11)20(9)8-13(22)21-15(18)10(6-17)7-19-21/h2-5,7H,8,18H2,1H3. The van der Waals surface area contributed by atoms with E-state index in [0.717, 1.165) is 25.8 Å². The molecule has 0 atom stereocenters. The summed E-state index contributed by atoms with van der Waals surface area (Å²) in [5, 5.41) is 13.8. The van der Waals surface area contributed by atoms with Gasteiger partial charge in [-0.1, -0.05) is 18.2 Å². The third kappa shape index (κ3) is 2.09. The van der Waals surface area contributed by atoms with E-state index in [0.29, 0.717) is 0 Å². The number of benzene rings is 1. The number of nitriles is 1. The fourth-order valence-corrected chi connectivity index (χ4v) is 2.99. The Morgan fingerprint density at radius 1 is 1.45 bits per heavy atom. The van der Waals surface area contributed by atoms with Gasteiger partial charge in [-0.05, 0) is 28.9 Å². The number of carbonyl (C=O) groups excluding carboxylic acids is 1. The average molecular weight is 358 g/mol. The molecule has 0 radical (unpaired) electrons. The average Bonchev–Trinajstić information content (AvgIpc) is 3.01. The number of nitrogens with two attached hydrogens (primary N) is 1. The molecule has 2 aromatic heterocycles. The molecule has 2 N–H and O–H groups in total. The van der Waals surface area contributed by atoms with E-state index in [1.165, 1.54) is 6.20 Å². The van der Waals surface area contributed by atoms with Gasteiger partial charge >= 0.3 is 0 Å². The highest BCUT2D eigenvalue weighted by Gasteiger charge is 2.18.